The molecule has 0 atom stereocenters. The highest BCUT2D eigenvalue weighted by atomic mass is 35.5. The zero-order chi connectivity index (χ0) is 12.7. The molecule has 1 aromatic heterocycles. The summed E-state index contributed by atoms with van der Waals surface area (Å²) < 4.78 is 0. The van der Waals surface area contributed by atoms with Gasteiger partial charge in [0.15, 0.2) is 0 Å². The van der Waals surface area contributed by atoms with Crippen molar-refractivity contribution in [3.8, 4) is 0 Å². The molecule has 0 aliphatic carbocycles. The Kier molecular flexibility index (Phi) is 2.73. The largest absolute Gasteiger partial charge is 0.321 e. The summed E-state index contributed by atoms with van der Waals surface area (Å²) in [6.45, 7) is 2.05. The molecule has 1 amide bonds. The Morgan fingerprint density at radius 1 is 1.28 bits per heavy atom. The second-order valence-electron chi connectivity index (χ2n) is 4.15. The summed E-state index contributed by atoms with van der Waals surface area (Å²) in [5.41, 5.74) is 2.37. The molecule has 3 rings (SSSR count). The van der Waals surface area contributed by atoms with Crippen LogP contribution >= 0.6 is 22.9 Å². The van der Waals surface area contributed by atoms with Gasteiger partial charge in [0.05, 0.1) is 5.57 Å². The minimum absolute atomic E-state index is 0.0710. The van der Waals surface area contributed by atoms with E-state index in [2.05, 4.69) is 5.32 Å². The maximum atomic E-state index is 11.9. The van der Waals surface area contributed by atoms with Crippen LogP contribution in [0.3, 0.4) is 0 Å². The number of nitrogens with one attached hydrogen (secondary N) is 1. The first-order valence-corrected chi connectivity index (χ1v) is 6.72. The summed E-state index contributed by atoms with van der Waals surface area (Å²) in [4.78, 5) is 14.2. The molecular formula is C14H10ClNOS. The monoisotopic (exact) mass is 275 g/mol. The Bertz CT molecular complexity index is 672. The molecule has 1 N–H and O–H groups in total. The molecule has 0 saturated carbocycles. The van der Waals surface area contributed by atoms with E-state index in [4.69, 9.17) is 11.6 Å². The van der Waals surface area contributed by atoms with Crippen molar-refractivity contribution >= 4 is 46.2 Å². The third-order valence-corrected chi connectivity index (χ3v) is 4.00. The number of carbonyl (C=O) groups excluding carboxylic acids is 1. The minimum Gasteiger partial charge on any atom is -0.321 e. The number of hydrogen-bond acceptors (Lipinski definition) is 2. The topological polar surface area (TPSA) is 29.1 Å². The molecule has 2 heterocycles. The Labute approximate surface area is 114 Å². The van der Waals surface area contributed by atoms with E-state index >= 15 is 0 Å². The summed E-state index contributed by atoms with van der Waals surface area (Å²) in [5.74, 6) is -0.0710. The van der Waals surface area contributed by atoms with Crippen molar-refractivity contribution in [1.82, 2.24) is 0 Å². The number of thiophene rings is 1. The van der Waals surface area contributed by atoms with E-state index in [1.54, 1.807) is 17.4 Å². The van der Waals surface area contributed by atoms with Crippen LogP contribution in [0.2, 0.25) is 5.02 Å². The summed E-state index contributed by atoms with van der Waals surface area (Å²) in [7, 11) is 0. The molecule has 0 radical (unpaired) electrons. The first-order valence-electron chi connectivity index (χ1n) is 5.53. The van der Waals surface area contributed by atoms with Crippen molar-refractivity contribution < 1.29 is 4.79 Å². The maximum absolute atomic E-state index is 11.9. The van der Waals surface area contributed by atoms with Gasteiger partial charge in [-0.3, -0.25) is 4.79 Å². The zero-order valence-electron chi connectivity index (χ0n) is 9.66. The molecule has 90 valence electrons. The van der Waals surface area contributed by atoms with Gasteiger partial charge in [0.25, 0.3) is 5.91 Å². The lowest BCUT2D eigenvalue weighted by atomic mass is 10.1. The first-order chi connectivity index (χ1) is 8.63. The van der Waals surface area contributed by atoms with E-state index in [1.165, 1.54) is 4.88 Å². The highest BCUT2D eigenvalue weighted by molar-refractivity contribution is 7.12. The number of aryl methyl sites for hydroxylation is 1. The molecule has 0 fully saturated rings. The van der Waals surface area contributed by atoms with Crippen molar-refractivity contribution in [3.63, 3.8) is 0 Å². The van der Waals surface area contributed by atoms with Crippen LogP contribution in [-0.2, 0) is 4.79 Å². The lowest BCUT2D eigenvalue weighted by Gasteiger charge is -1.98. The number of rotatable bonds is 1. The third-order valence-electron chi connectivity index (χ3n) is 2.81. The SMILES string of the molecule is Cc1ccc(/C=C2/C(=O)Nc3ccc(Cl)cc32)s1. The molecule has 2 aromatic rings. The Balaban J connectivity index is 2.11. The zero-order valence-corrected chi connectivity index (χ0v) is 11.2. The molecule has 0 saturated heterocycles. The van der Waals surface area contributed by atoms with Crippen molar-refractivity contribution in [3.05, 3.63) is 50.7 Å². The van der Waals surface area contributed by atoms with Crippen LogP contribution in [-0.4, -0.2) is 5.91 Å². The molecule has 18 heavy (non-hydrogen) atoms. The summed E-state index contributed by atoms with van der Waals surface area (Å²) in [6, 6.07) is 9.49. The second kappa shape index (κ2) is 4.26. The fraction of sp³-hybridized carbons (Fsp3) is 0.0714. The summed E-state index contributed by atoms with van der Waals surface area (Å²) in [5, 5.41) is 3.48. The molecule has 4 heteroatoms. The highest BCUT2D eigenvalue weighted by Gasteiger charge is 2.24. The molecule has 2 nitrogen and oxygen atoms in total. The number of fused-ring (bicyclic) bond motifs is 1. The fourth-order valence-electron chi connectivity index (χ4n) is 1.98. The van der Waals surface area contributed by atoms with Gasteiger partial charge in [0.2, 0.25) is 0 Å². The predicted molar refractivity (Wildman–Crippen MR) is 77.0 cm³/mol. The third kappa shape index (κ3) is 1.96. The number of hydrogen-bond donors (Lipinski definition) is 1. The maximum Gasteiger partial charge on any atom is 0.256 e. The lowest BCUT2D eigenvalue weighted by Crippen LogP contribution is -2.03. The van der Waals surface area contributed by atoms with Crippen LogP contribution in [0.5, 0.6) is 0 Å². The average molecular weight is 276 g/mol. The van der Waals surface area contributed by atoms with E-state index in [0.29, 0.717) is 10.6 Å². The molecular weight excluding hydrogens is 266 g/mol. The molecule has 0 unspecified atom stereocenters. The number of halogens is 1. The molecule has 0 spiro atoms. The van der Waals surface area contributed by atoms with Crippen molar-refractivity contribution in [2.75, 3.05) is 5.32 Å². The molecule has 0 bridgehead atoms. The van der Waals surface area contributed by atoms with Crippen LogP contribution < -0.4 is 5.32 Å². The Morgan fingerprint density at radius 3 is 2.83 bits per heavy atom. The smallest absolute Gasteiger partial charge is 0.256 e. The van der Waals surface area contributed by atoms with Gasteiger partial charge >= 0.3 is 0 Å². The average Bonchev–Trinajstić information content (AvgIpc) is 2.86. The number of carbonyl (C=O) groups is 1. The Hall–Kier alpha value is -1.58. The normalized spacial score (nSPS) is 15.9. The minimum atomic E-state index is -0.0710. The van der Waals surface area contributed by atoms with Crippen LogP contribution in [0.1, 0.15) is 15.3 Å². The number of anilines is 1. The van der Waals surface area contributed by atoms with E-state index in [0.717, 1.165) is 16.1 Å². The number of amides is 1. The first kappa shape index (κ1) is 11.5. The molecule has 1 aromatic carbocycles. The van der Waals surface area contributed by atoms with Gasteiger partial charge < -0.3 is 5.32 Å². The van der Waals surface area contributed by atoms with Crippen molar-refractivity contribution in [2.24, 2.45) is 0 Å². The van der Waals surface area contributed by atoms with Crippen molar-refractivity contribution in [2.45, 2.75) is 6.92 Å². The lowest BCUT2D eigenvalue weighted by molar-refractivity contribution is -0.110. The van der Waals surface area contributed by atoms with Crippen LogP contribution in [0.25, 0.3) is 11.6 Å². The van der Waals surface area contributed by atoms with Crippen molar-refractivity contribution in [1.29, 1.82) is 0 Å². The summed E-state index contributed by atoms with van der Waals surface area (Å²) >= 11 is 7.65. The van der Waals surface area contributed by atoms with Gasteiger partial charge in [0, 0.05) is 26.0 Å². The Morgan fingerprint density at radius 2 is 2.11 bits per heavy atom. The van der Waals surface area contributed by atoms with E-state index in [-0.39, 0.29) is 5.91 Å². The summed E-state index contributed by atoms with van der Waals surface area (Å²) in [6.07, 6.45) is 1.91. The van der Waals surface area contributed by atoms with E-state index < -0.39 is 0 Å². The molecule has 1 aliphatic rings. The van der Waals surface area contributed by atoms with Gasteiger partial charge in [-0.1, -0.05) is 11.6 Å². The van der Waals surface area contributed by atoms with Crippen LogP contribution in [0.15, 0.2) is 30.3 Å². The van der Waals surface area contributed by atoms with Crippen LogP contribution in [0.4, 0.5) is 5.69 Å². The van der Waals surface area contributed by atoms with Gasteiger partial charge in [-0.25, -0.2) is 0 Å². The standard InChI is InChI=1S/C14H10ClNOS/c1-8-2-4-10(18-8)7-12-11-6-9(15)3-5-13(11)16-14(12)17/h2-7H,1H3,(H,16,17)/b12-7+. The van der Waals surface area contributed by atoms with Gasteiger partial charge in [-0.15, -0.1) is 11.3 Å². The molecule has 1 aliphatic heterocycles. The van der Waals surface area contributed by atoms with E-state index in [1.807, 2.05) is 37.3 Å². The quantitative estimate of drug-likeness (QED) is 0.777. The van der Waals surface area contributed by atoms with Gasteiger partial charge in [-0.05, 0) is 43.3 Å². The van der Waals surface area contributed by atoms with Crippen LogP contribution in [0, 0.1) is 6.92 Å². The van der Waals surface area contributed by atoms with Gasteiger partial charge in [-0.2, -0.15) is 0 Å². The number of benzene rings is 1. The van der Waals surface area contributed by atoms with E-state index in [9.17, 15) is 4.79 Å². The fourth-order valence-corrected chi connectivity index (χ4v) is 2.97. The predicted octanol–water partition coefficient (Wildman–Crippen LogP) is 4.20. The van der Waals surface area contributed by atoms with Gasteiger partial charge in [0.1, 0.15) is 0 Å². The highest BCUT2D eigenvalue weighted by Crippen LogP contribution is 2.35. The second-order valence-corrected chi connectivity index (χ2v) is 5.91.